The van der Waals surface area contributed by atoms with Gasteiger partial charge in [-0.2, -0.15) is 15.3 Å². The molecule has 0 atom stereocenters. The molecule has 1 aromatic rings. The minimum atomic E-state index is 0. The van der Waals surface area contributed by atoms with E-state index in [1.165, 1.54) is 4.90 Å². The summed E-state index contributed by atoms with van der Waals surface area (Å²) in [6.45, 7) is 13.2. The van der Waals surface area contributed by atoms with E-state index in [0.717, 1.165) is 31.7 Å². The van der Waals surface area contributed by atoms with Gasteiger partial charge in [-0.05, 0) is 53.0 Å². The van der Waals surface area contributed by atoms with E-state index >= 15 is 0 Å². The van der Waals surface area contributed by atoms with Gasteiger partial charge in [0.2, 0.25) is 0 Å². The molecule has 0 saturated heterocycles. The Kier molecular flexibility index (Phi) is 15.0. The summed E-state index contributed by atoms with van der Waals surface area (Å²) in [5.74, 6) is 0. The number of nitrogens with zero attached hydrogens (tertiary/aromatic N) is 6. The maximum absolute atomic E-state index is 5.40. The molecule has 0 unspecified atom stereocenters. The van der Waals surface area contributed by atoms with E-state index in [-0.39, 0.29) is 17.1 Å². The molecule has 0 aliphatic carbocycles. The summed E-state index contributed by atoms with van der Waals surface area (Å²) in [4.78, 5) is 5.11. The Hall–Kier alpha value is -1.19. The molecule has 0 N–H and O–H groups in total. The normalized spacial score (nSPS) is 13.1. The third kappa shape index (κ3) is 8.89. The number of hydrogen-bond donors (Lipinski definition) is 0. The molecule has 6 nitrogen and oxygen atoms in total. The number of hydrogen-bond acceptors (Lipinski definition) is 7. The van der Waals surface area contributed by atoms with E-state index in [2.05, 4.69) is 20.4 Å². The Morgan fingerprint density at radius 1 is 0.800 bits per heavy atom. The number of thioether (sulfide) groups is 1. The zero-order valence-electron chi connectivity index (χ0n) is 18.3. The van der Waals surface area contributed by atoms with Crippen molar-refractivity contribution >= 4 is 58.8 Å². The van der Waals surface area contributed by atoms with Gasteiger partial charge < -0.3 is 35.1 Å². The fourth-order valence-corrected chi connectivity index (χ4v) is 3.47. The maximum Gasteiger partial charge on any atom is 2.00 e. The fraction of sp³-hybridized carbons (Fsp3) is 0.500. The molecule has 0 saturated carbocycles. The summed E-state index contributed by atoms with van der Waals surface area (Å²) in [5.41, 5.74) is 2.15. The minimum absolute atomic E-state index is 0. The molecule has 0 aliphatic rings. The van der Waals surface area contributed by atoms with Gasteiger partial charge in [-0.25, -0.2) is 0 Å². The van der Waals surface area contributed by atoms with Gasteiger partial charge >= 0.3 is 17.1 Å². The van der Waals surface area contributed by atoms with Gasteiger partial charge in [-0.1, -0.05) is 12.1 Å². The van der Waals surface area contributed by atoms with Crippen LogP contribution in [0.5, 0.6) is 0 Å². The Morgan fingerprint density at radius 3 is 1.63 bits per heavy atom. The summed E-state index contributed by atoms with van der Waals surface area (Å²) in [6.07, 6.45) is 2.04. The Morgan fingerprint density at radius 2 is 1.23 bits per heavy atom. The maximum atomic E-state index is 5.40. The van der Waals surface area contributed by atoms with E-state index in [1.54, 1.807) is 11.8 Å². The first-order valence-electron chi connectivity index (χ1n) is 9.68. The van der Waals surface area contributed by atoms with Gasteiger partial charge in [0, 0.05) is 47.0 Å². The van der Waals surface area contributed by atoms with Crippen molar-refractivity contribution in [2.24, 2.45) is 20.4 Å². The molecule has 1 radical (unpaired) electrons. The average Bonchev–Trinajstić information content (AvgIpc) is 2.74. The largest absolute Gasteiger partial charge is 2.00 e. The SMILES string of the molecule is CCN(CC)C([S-])=NN=C(C)C(=NN=C([S-])N(CC)CC)c1ccc(SC)cc1.[Cu+2]. The molecular formula is C20H30CuN6S3. The minimum Gasteiger partial charge on any atom is -0.741 e. The Balaban J connectivity index is 0.00000841. The number of amidine groups is 2. The molecule has 0 amide bonds. The predicted molar refractivity (Wildman–Crippen MR) is 133 cm³/mol. The summed E-state index contributed by atoms with van der Waals surface area (Å²) >= 11 is 12.4. The van der Waals surface area contributed by atoms with Crippen LogP contribution in [-0.2, 0) is 42.3 Å². The van der Waals surface area contributed by atoms with Crippen LogP contribution < -0.4 is 0 Å². The molecule has 0 aliphatic heterocycles. The quantitative estimate of drug-likeness (QED) is 0.125. The van der Waals surface area contributed by atoms with E-state index in [4.69, 9.17) is 25.3 Å². The van der Waals surface area contributed by atoms with Gasteiger partial charge in [0.1, 0.15) is 5.71 Å². The van der Waals surface area contributed by atoms with Crippen LogP contribution in [0.4, 0.5) is 0 Å². The first kappa shape index (κ1) is 28.8. The van der Waals surface area contributed by atoms with Gasteiger partial charge in [-0.15, -0.1) is 16.9 Å². The monoisotopic (exact) mass is 513 g/mol. The van der Waals surface area contributed by atoms with E-state index in [1.807, 2.05) is 74.9 Å². The first-order valence-corrected chi connectivity index (χ1v) is 11.7. The topological polar surface area (TPSA) is 55.9 Å². The van der Waals surface area contributed by atoms with E-state index in [9.17, 15) is 0 Å². The van der Waals surface area contributed by atoms with Crippen molar-refractivity contribution in [3.05, 3.63) is 29.8 Å². The smallest absolute Gasteiger partial charge is 0.741 e. The van der Waals surface area contributed by atoms with E-state index < -0.39 is 0 Å². The van der Waals surface area contributed by atoms with Crippen molar-refractivity contribution in [1.82, 2.24) is 9.80 Å². The van der Waals surface area contributed by atoms with Crippen LogP contribution in [0, 0.1) is 0 Å². The van der Waals surface area contributed by atoms with Crippen LogP contribution in [0.1, 0.15) is 40.2 Å². The molecule has 1 aromatic carbocycles. The predicted octanol–water partition coefficient (Wildman–Crippen LogP) is 3.98. The van der Waals surface area contributed by atoms with Crippen molar-refractivity contribution in [2.75, 3.05) is 32.4 Å². The van der Waals surface area contributed by atoms with Crippen LogP contribution >= 0.6 is 11.8 Å². The molecule has 0 aromatic heterocycles. The molecule has 169 valence electrons. The third-order valence-corrected chi connectivity index (χ3v) is 5.72. The third-order valence-electron chi connectivity index (χ3n) is 4.30. The van der Waals surface area contributed by atoms with Crippen LogP contribution in [-0.4, -0.2) is 64.0 Å². The average molecular weight is 514 g/mol. The molecule has 0 spiro atoms. The number of rotatable bonds is 9. The van der Waals surface area contributed by atoms with Crippen LogP contribution in [0.2, 0.25) is 0 Å². The zero-order valence-corrected chi connectivity index (χ0v) is 21.7. The second kappa shape index (κ2) is 15.6. The summed E-state index contributed by atoms with van der Waals surface area (Å²) in [6, 6.07) is 8.09. The molecule has 0 bridgehead atoms. The summed E-state index contributed by atoms with van der Waals surface area (Å²) in [7, 11) is 0. The molecule has 10 heteroatoms. The summed E-state index contributed by atoms with van der Waals surface area (Å²) < 4.78 is 0. The van der Waals surface area contributed by atoms with Crippen LogP contribution in [0.3, 0.4) is 0 Å². The molecule has 30 heavy (non-hydrogen) atoms. The zero-order chi connectivity index (χ0) is 21.8. The Bertz CT molecular complexity index is 754. The second-order valence-corrected chi connectivity index (χ2v) is 7.58. The van der Waals surface area contributed by atoms with Crippen molar-refractivity contribution in [1.29, 1.82) is 0 Å². The number of benzene rings is 1. The van der Waals surface area contributed by atoms with Gasteiger partial charge in [0.05, 0.1) is 5.71 Å². The van der Waals surface area contributed by atoms with E-state index in [0.29, 0.717) is 21.8 Å². The molecule has 0 heterocycles. The Labute approximate surface area is 207 Å². The van der Waals surface area contributed by atoms with Crippen molar-refractivity contribution in [3.8, 4) is 0 Å². The van der Waals surface area contributed by atoms with Crippen LogP contribution in [0.25, 0.3) is 0 Å². The summed E-state index contributed by atoms with van der Waals surface area (Å²) in [5, 5.41) is 18.2. The molecule has 1 rings (SSSR count). The van der Waals surface area contributed by atoms with Gasteiger partial charge in [-0.3, -0.25) is 0 Å². The van der Waals surface area contributed by atoms with Crippen LogP contribution in [0.15, 0.2) is 49.6 Å². The van der Waals surface area contributed by atoms with Gasteiger partial charge in [0.15, 0.2) is 0 Å². The molecule has 0 fully saturated rings. The van der Waals surface area contributed by atoms with Crippen molar-refractivity contribution in [2.45, 2.75) is 39.5 Å². The molecular weight excluding hydrogens is 484 g/mol. The standard InChI is InChI=1S/C20H32N6S3.Cu/c1-7-25(8-2)19(27)23-21-15(5)18(16-11-13-17(29-6)14-12-16)22-24-20(28)26(9-3)10-4;/h11-14H,7-10H2,1-6H3,(H,23,27)(H,24,28);/q;+2/p-2. The van der Waals surface area contributed by atoms with Crippen molar-refractivity contribution in [3.63, 3.8) is 0 Å². The second-order valence-electron chi connectivity index (χ2n) is 5.97. The fourth-order valence-electron chi connectivity index (χ4n) is 2.46. The van der Waals surface area contributed by atoms with Gasteiger partial charge in [0.25, 0.3) is 0 Å². The van der Waals surface area contributed by atoms with Crippen molar-refractivity contribution < 1.29 is 17.1 Å². The first-order chi connectivity index (χ1) is 13.9.